The van der Waals surface area contributed by atoms with E-state index < -0.39 is 5.38 Å². The lowest BCUT2D eigenvalue weighted by molar-refractivity contribution is -0.115. The van der Waals surface area contributed by atoms with Crippen LogP contribution in [0.4, 0.5) is 5.69 Å². The Morgan fingerprint density at radius 1 is 1.16 bits per heavy atom. The van der Waals surface area contributed by atoms with E-state index in [2.05, 4.69) is 5.32 Å². The van der Waals surface area contributed by atoms with Gasteiger partial charge in [-0.1, -0.05) is 0 Å². The maximum absolute atomic E-state index is 12.3. The Morgan fingerprint density at radius 2 is 1.88 bits per heavy atom. The van der Waals surface area contributed by atoms with E-state index in [0.29, 0.717) is 28.2 Å². The number of amides is 1. The van der Waals surface area contributed by atoms with Crippen molar-refractivity contribution in [3.8, 4) is 17.1 Å². The van der Waals surface area contributed by atoms with Gasteiger partial charge in [0.25, 0.3) is 0 Å². The van der Waals surface area contributed by atoms with Crippen LogP contribution in [-0.4, -0.2) is 18.4 Å². The molecule has 128 valence electrons. The third kappa shape index (κ3) is 3.67. The summed E-state index contributed by atoms with van der Waals surface area (Å²) in [6.45, 7) is 1.58. The van der Waals surface area contributed by atoms with Crippen LogP contribution in [-0.2, 0) is 4.79 Å². The third-order valence-electron chi connectivity index (χ3n) is 3.73. The monoisotopic (exact) mass is 357 g/mol. The van der Waals surface area contributed by atoms with E-state index in [4.69, 9.17) is 20.8 Å². The minimum absolute atomic E-state index is 0.157. The highest BCUT2D eigenvalue weighted by atomic mass is 35.5. The Balaban J connectivity index is 2.03. The summed E-state index contributed by atoms with van der Waals surface area (Å²) >= 11 is 5.76. The number of methoxy groups -OCH3 is 1. The van der Waals surface area contributed by atoms with Gasteiger partial charge in [0.1, 0.15) is 22.5 Å². The maximum atomic E-state index is 12.3. The summed E-state index contributed by atoms with van der Waals surface area (Å²) in [7, 11) is 1.59. The lowest BCUT2D eigenvalue weighted by Gasteiger charge is -2.08. The summed E-state index contributed by atoms with van der Waals surface area (Å²) in [6, 6.07) is 13.5. The minimum Gasteiger partial charge on any atom is -0.497 e. The molecule has 0 bridgehead atoms. The standard InChI is InChI=1S/C19H16ClNO4/c1-11(20)19(23)21-13-5-8-15-16(22)10-17(25-18(15)9-13)12-3-6-14(24-2)7-4-12/h3-11H,1-2H3,(H,21,23). The number of alkyl halides is 1. The van der Waals surface area contributed by atoms with Crippen molar-refractivity contribution in [1.82, 2.24) is 0 Å². The molecule has 0 radical (unpaired) electrons. The molecular formula is C19H16ClNO4. The summed E-state index contributed by atoms with van der Waals surface area (Å²) in [5.41, 5.74) is 1.50. The quantitative estimate of drug-likeness (QED) is 0.716. The normalized spacial score (nSPS) is 12.0. The number of benzene rings is 2. The SMILES string of the molecule is COc1ccc(-c2cc(=O)c3ccc(NC(=O)C(C)Cl)cc3o2)cc1. The van der Waals surface area contributed by atoms with Crippen molar-refractivity contribution in [3.05, 3.63) is 58.8 Å². The van der Waals surface area contributed by atoms with Crippen LogP contribution in [0.1, 0.15) is 6.92 Å². The molecule has 0 fully saturated rings. The Morgan fingerprint density at radius 3 is 2.52 bits per heavy atom. The Labute approximate surface area is 149 Å². The van der Waals surface area contributed by atoms with Crippen LogP contribution in [0, 0.1) is 0 Å². The first kappa shape index (κ1) is 17.0. The van der Waals surface area contributed by atoms with Crippen LogP contribution < -0.4 is 15.5 Å². The lowest BCUT2D eigenvalue weighted by Crippen LogP contribution is -2.20. The van der Waals surface area contributed by atoms with Gasteiger partial charge in [-0.15, -0.1) is 11.6 Å². The first-order chi connectivity index (χ1) is 12.0. The lowest BCUT2D eigenvalue weighted by atomic mass is 10.1. The van der Waals surface area contributed by atoms with Crippen molar-refractivity contribution in [3.63, 3.8) is 0 Å². The predicted octanol–water partition coefficient (Wildman–Crippen LogP) is 4.03. The smallest absolute Gasteiger partial charge is 0.242 e. The molecular weight excluding hydrogens is 342 g/mol. The maximum Gasteiger partial charge on any atom is 0.242 e. The van der Waals surface area contributed by atoms with Crippen LogP contribution in [0.2, 0.25) is 0 Å². The van der Waals surface area contributed by atoms with E-state index in [1.54, 1.807) is 44.4 Å². The summed E-state index contributed by atoms with van der Waals surface area (Å²) in [4.78, 5) is 24.1. The first-order valence-electron chi connectivity index (χ1n) is 7.65. The van der Waals surface area contributed by atoms with E-state index in [1.165, 1.54) is 6.07 Å². The zero-order valence-corrected chi connectivity index (χ0v) is 14.5. The van der Waals surface area contributed by atoms with Crippen molar-refractivity contribution < 1.29 is 13.9 Å². The predicted molar refractivity (Wildman–Crippen MR) is 98.4 cm³/mol. The first-order valence-corrected chi connectivity index (χ1v) is 8.09. The molecule has 0 aliphatic heterocycles. The van der Waals surface area contributed by atoms with Gasteiger partial charge in [-0.05, 0) is 43.3 Å². The molecule has 1 atom stereocenters. The number of ether oxygens (including phenoxy) is 1. The second kappa shape index (κ2) is 6.99. The molecule has 6 heteroatoms. The molecule has 25 heavy (non-hydrogen) atoms. The molecule has 3 aromatic rings. The van der Waals surface area contributed by atoms with Gasteiger partial charge < -0.3 is 14.5 Å². The van der Waals surface area contributed by atoms with E-state index in [-0.39, 0.29) is 11.3 Å². The Hall–Kier alpha value is -2.79. The molecule has 0 aliphatic rings. The van der Waals surface area contributed by atoms with Gasteiger partial charge in [0, 0.05) is 23.4 Å². The van der Waals surface area contributed by atoms with Crippen molar-refractivity contribution in [1.29, 1.82) is 0 Å². The molecule has 1 amide bonds. The zero-order valence-electron chi connectivity index (χ0n) is 13.7. The summed E-state index contributed by atoms with van der Waals surface area (Å²) in [5, 5.41) is 2.46. The number of rotatable bonds is 4. The molecule has 2 aromatic carbocycles. The largest absolute Gasteiger partial charge is 0.497 e. The second-order valence-electron chi connectivity index (χ2n) is 5.52. The molecule has 1 unspecified atom stereocenters. The van der Waals surface area contributed by atoms with Gasteiger partial charge in [0.15, 0.2) is 5.43 Å². The summed E-state index contributed by atoms with van der Waals surface area (Å²) < 4.78 is 11.0. The molecule has 1 heterocycles. The highest BCUT2D eigenvalue weighted by Crippen LogP contribution is 2.25. The van der Waals surface area contributed by atoms with Crippen LogP contribution in [0.25, 0.3) is 22.3 Å². The van der Waals surface area contributed by atoms with Gasteiger partial charge in [0.05, 0.1) is 12.5 Å². The third-order valence-corrected chi connectivity index (χ3v) is 3.93. The summed E-state index contributed by atoms with van der Waals surface area (Å²) in [5.74, 6) is 0.830. The van der Waals surface area contributed by atoms with Crippen LogP contribution in [0.3, 0.4) is 0 Å². The molecule has 5 nitrogen and oxygen atoms in total. The fraction of sp³-hybridized carbons (Fsp3) is 0.158. The number of carbonyl (C=O) groups is 1. The summed E-state index contributed by atoms with van der Waals surface area (Å²) in [6.07, 6.45) is 0. The minimum atomic E-state index is -0.659. The van der Waals surface area contributed by atoms with Crippen LogP contribution in [0.15, 0.2) is 57.7 Å². The molecule has 0 spiro atoms. The fourth-order valence-corrected chi connectivity index (χ4v) is 2.43. The van der Waals surface area contributed by atoms with Gasteiger partial charge in [-0.2, -0.15) is 0 Å². The van der Waals surface area contributed by atoms with Gasteiger partial charge in [-0.3, -0.25) is 9.59 Å². The molecule has 0 saturated heterocycles. The van der Waals surface area contributed by atoms with E-state index >= 15 is 0 Å². The number of carbonyl (C=O) groups excluding carboxylic acids is 1. The number of halogens is 1. The molecule has 1 aromatic heterocycles. The van der Waals surface area contributed by atoms with Gasteiger partial charge >= 0.3 is 0 Å². The van der Waals surface area contributed by atoms with Crippen LogP contribution in [0.5, 0.6) is 5.75 Å². The van der Waals surface area contributed by atoms with E-state index in [0.717, 1.165) is 5.56 Å². The molecule has 0 aliphatic carbocycles. The fourth-order valence-electron chi connectivity index (χ4n) is 2.37. The Kier molecular flexibility index (Phi) is 4.76. The molecule has 0 saturated carbocycles. The molecule has 3 rings (SSSR count). The van der Waals surface area contributed by atoms with Gasteiger partial charge in [0.2, 0.25) is 5.91 Å². The van der Waals surface area contributed by atoms with Gasteiger partial charge in [-0.25, -0.2) is 0 Å². The van der Waals surface area contributed by atoms with Crippen molar-refractivity contribution in [2.24, 2.45) is 0 Å². The topological polar surface area (TPSA) is 68.5 Å². The highest BCUT2D eigenvalue weighted by molar-refractivity contribution is 6.32. The second-order valence-corrected chi connectivity index (χ2v) is 6.17. The Bertz CT molecular complexity index is 977. The number of hydrogen-bond donors (Lipinski definition) is 1. The number of hydrogen-bond acceptors (Lipinski definition) is 4. The van der Waals surface area contributed by atoms with Crippen molar-refractivity contribution in [2.45, 2.75) is 12.3 Å². The van der Waals surface area contributed by atoms with Crippen molar-refractivity contribution in [2.75, 3.05) is 12.4 Å². The number of nitrogens with one attached hydrogen (secondary N) is 1. The molecule has 1 N–H and O–H groups in total. The van der Waals surface area contributed by atoms with Crippen LogP contribution >= 0.6 is 11.6 Å². The number of fused-ring (bicyclic) bond motifs is 1. The number of anilines is 1. The zero-order chi connectivity index (χ0) is 18.0. The highest BCUT2D eigenvalue weighted by Gasteiger charge is 2.12. The van der Waals surface area contributed by atoms with E-state index in [9.17, 15) is 9.59 Å². The van der Waals surface area contributed by atoms with E-state index in [1.807, 2.05) is 12.1 Å². The van der Waals surface area contributed by atoms with Crippen molar-refractivity contribution >= 4 is 34.2 Å². The average molecular weight is 358 g/mol. The average Bonchev–Trinajstić information content (AvgIpc) is 2.61.